The maximum Gasteiger partial charge on any atom is 0.272 e. The van der Waals surface area contributed by atoms with Crippen LogP contribution < -0.4 is 15.4 Å². The van der Waals surface area contributed by atoms with E-state index in [0.29, 0.717) is 26.0 Å². The number of halogens is 3. The van der Waals surface area contributed by atoms with Gasteiger partial charge in [0.25, 0.3) is 9.70 Å². The summed E-state index contributed by atoms with van der Waals surface area (Å²) in [4.78, 5) is 14.7. The molecule has 0 bridgehead atoms. The van der Waals surface area contributed by atoms with Crippen LogP contribution in [0.4, 0.5) is 5.69 Å². The summed E-state index contributed by atoms with van der Waals surface area (Å²) in [7, 11) is 0. The highest BCUT2D eigenvalue weighted by molar-refractivity contribution is 6.76. The summed E-state index contributed by atoms with van der Waals surface area (Å²) in [6.45, 7) is 5.66. The molecular formula is C26H30Cl3N3O3. The van der Waals surface area contributed by atoms with Crippen LogP contribution >= 0.6 is 34.8 Å². The van der Waals surface area contributed by atoms with Gasteiger partial charge in [-0.05, 0) is 30.5 Å². The number of rotatable bonds is 10. The fourth-order valence-electron chi connectivity index (χ4n) is 4.40. The molecule has 0 spiro atoms. The van der Waals surface area contributed by atoms with E-state index >= 15 is 0 Å². The molecule has 2 N–H and O–H groups in total. The molecule has 1 saturated heterocycles. The van der Waals surface area contributed by atoms with E-state index in [1.807, 2.05) is 54.6 Å². The average Bonchev–Trinajstić information content (AvgIpc) is 2.82. The second-order valence-electron chi connectivity index (χ2n) is 8.93. The highest BCUT2D eigenvalue weighted by atomic mass is 35.6. The van der Waals surface area contributed by atoms with Crippen molar-refractivity contribution in [2.75, 3.05) is 51.3 Å². The number of carbonyl (C=O) groups is 1. The Kier molecular flexibility index (Phi) is 8.84. The molecule has 0 radical (unpaired) electrons. The van der Waals surface area contributed by atoms with E-state index < -0.39 is 15.2 Å². The van der Waals surface area contributed by atoms with Crippen molar-refractivity contribution in [2.24, 2.45) is 0 Å². The van der Waals surface area contributed by atoms with Gasteiger partial charge in [-0.1, -0.05) is 82.9 Å². The van der Waals surface area contributed by atoms with Gasteiger partial charge >= 0.3 is 0 Å². The molecule has 4 rings (SSSR count). The first-order chi connectivity index (χ1) is 16.8. The number of hydrogen-bond donors (Lipinski definition) is 2. The Morgan fingerprint density at radius 3 is 2.54 bits per heavy atom. The van der Waals surface area contributed by atoms with E-state index in [0.717, 1.165) is 49.8 Å². The molecule has 188 valence electrons. The standard InChI is InChI=1S/C26H30Cl3N3O3/c27-26(28,29)24(33)31-25(16-20-5-2-1-3-6-20)17-21(18-25)19-30-22-7-4-8-23(15-22)35-14-11-32-9-12-34-13-10-32/h1-8,15,17,30H,9-14,16,18-19H2,(H,31,33). The Balaban J connectivity index is 1.32. The van der Waals surface area contributed by atoms with Crippen LogP contribution in [-0.4, -0.2) is 66.1 Å². The molecule has 2 aromatic carbocycles. The van der Waals surface area contributed by atoms with Crippen molar-refractivity contribution < 1.29 is 14.3 Å². The van der Waals surface area contributed by atoms with Crippen LogP contribution in [0.15, 0.2) is 66.2 Å². The minimum Gasteiger partial charge on any atom is -0.492 e. The number of carbonyl (C=O) groups excluding carboxylic acids is 1. The van der Waals surface area contributed by atoms with E-state index in [9.17, 15) is 4.79 Å². The van der Waals surface area contributed by atoms with Gasteiger partial charge in [-0.3, -0.25) is 9.69 Å². The quantitative estimate of drug-likeness (QED) is 0.342. The Labute approximate surface area is 221 Å². The fourth-order valence-corrected chi connectivity index (χ4v) is 4.55. The third-order valence-corrected chi connectivity index (χ3v) is 6.65. The van der Waals surface area contributed by atoms with E-state index in [-0.39, 0.29) is 0 Å². The van der Waals surface area contributed by atoms with Gasteiger partial charge in [0.15, 0.2) is 0 Å². The zero-order valence-corrected chi connectivity index (χ0v) is 21.7. The molecule has 2 aliphatic rings. The summed E-state index contributed by atoms with van der Waals surface area (Å²) in [6, 6.07) is 17.9. The fraction of sp³-hybridized carbons (Fsp3) is 0.423. The number of benzene rings is 2. The van der Waals surface area contributed by atoms with Gasteiger partial charge in [0.1, 0.15) is 12.4 Å². The molecule has 0 aromatic heterocycles. The van der Waals surface area contributed by atoms with Gasteiger partial charge in [-0.25, -0.2) is 0 Å². The maximum atomic E-state index is 12.4. The van der Waals surface area contributed by atoms with Crippen molar-refractivity contribution in [3.05, 3.63) is 71.8 Å². The third kappa shape index (κ3) is 7.76. The second kappa shape index (κ2) is 11.8. The lowest BCUT2D eigenvalue weighted by Gasteiger charge is -2.42. The number of morpholine rings is 1. The summed E-state index contributed by atoms with van der Waals surface area (Å²) in [5, 5.41) is 6.38. The summed E-state index contributed by atoms with van der Waals surface area (Å²) in [6.07, 6.45) is 3.34. The number of alkyl halides is 3. The molecule has 1 aliphatic carbocycles. The summed E-state index contributed by atoms with van der Waals surface area (Å²) in [5.74, 6) is 0.211. The zero-order valence-electron chi connectivity index (χ0n) is 19.4. The molecule has 1 atom stereocenters. The molecule has 9 heteroatoms. The Morgan fingerprint density at radius 1 is 1.09 bits per heavy atom. The van der Waals surface area contributed by atoms with E-state index in [4.69, 9.17) is 44.3 Å². The Hall–Kier alpha value is -1.96. The Morgan fingerprint density at radius 2 is 1.83 bits per heavy atom. The van der Waals surface area contributed by atoms with Gasteiger partial charge in [0, 0.05) is 37.9 Å². The maximum absolute atomic E-state index is 12.4. The number of amides is 1. The highest BCUT2D eigenvalue weighted by Crippen LogP contribution is 2.36. The normalized spacial score (nSPS) is 20.5. The van der Waals surface area contributed by atoms with Gasteiger partial charge in [-0.15, -0.1) is 0 Å². The van der Waals surface area contributed by atoms with Gasteiger partial charge in [0.2, 0.25) is 0 Å². The predicted octanol–water partition coefficient (Wildman–Crippen LogP) is 4.61. The number of ether oxygens (including phenoxy) is 2. The van der Waals surface area contributed by atoms with Crippen LogP contribution in [0, 0.1) is 0 Å². The van der Waals surface area contributed by atoms with E-state index in [1.165, 1.54) is 5.57 Å². The van der Waals surface area contributed by atoms with Gasteiger partial charge in [-0.2, -0.15) is 0 Å². The first-order valence-electron chi connectivity index (χ1n) is 11.7. The number of hydrogen-bond acceptors (Lipinski definition) is 5. The largest absolute Gasteiger partial charge is 0.492 e. The van der Waals surface area contributed by atoms with Gasteiger partial charge in [0.05, 0.1) is 18.8 Å². The van der Waals surface area contributed by atoms with Crippen LogP contribution in [-0.2, 0) is 16.0 Å². The van der Waals surface area contributed by atoms with E-state index in [2.05, 4.69) is 21.6 Å². The number of nitrogens with zero attached hydrogens (tertiary/aromatic N) is 1. The molecule has 6 nitrogen and oxygen atoms in total. The van der Waals surface area contributed by atoms with Crippen molar-refractivity contribution in [1.29, 1.82) is 0 Å². The number of nitrogens with one attached hydrogen (secondary N) is 2. The first-order valence-corrected chi connectivity index (χ1v) is 12.9. The smallest absolute Gasteiger partial charge is 0.272 e. The minimum absolute atomic E-state index is 0.580. The molecule has 0 saturated carbocycles. The highest BCUT2D eigenvalue weighted by Gasteiger charge is 2.42. The SMILES string of the molecule is O=C(NC1(Cc2ccccc2)C=C(CNc2cccc(OCCN3CCOCC3)c2)C1)C(Cl)(Cl)Cl. The first kappa shape index (κ1) is 26.1. The minimum atomic E-state index is -2.01. The van der Waals surface area contributed by atoms with Crippen molar-refractivity contribution in [3.63, 3.8) is 0 Å². The molecule has 1 fully saturated rings. The molecule has 1 amide bonds. The van der Waals surface area contributed by atoms with Crippen molar-refractivity contribution in [3.8, 4) is 5.75 Å². The van der Waals surface area contributed by atoms with Crippen LogP contribution in [0.5, 0.6) is 5.75 Å². The predicted molar refractivity (Wildman–Crippen MR) is 142 cm³/mol. The topological polar surface area (TPSA) is 62.8 Å². The summed E-state index contributed by atoms with van der Waals surface area (Å²) < 4.78 is 9.33. The monoisotopic (exact) mass is 537 g/mol. The number of anilines is 1. The summed E-state index contributed by atoms with van der Waals surface area (Å²) in [5.41, 5.74) is 2.66. The summed E-state index contributed by atoms with van der Waals surface area (Å²) >= 11 is 17.4. The molecule has 2 aromatic rings. The molecule has 1 aliphatic heterocycles. The lowest BCUT2D eigenvalue weighted by Crippen LogP contribution is -2.56. The van der Waals surface area contributed by atoms with Crippen LogP contribution in [0.1, 0.15) is 12.0 Å². The molecule has 35 heavy (non-hydrogen) atoms. The lowest BCUT2D eigenvalue weighted by molar-refractivity contribution is -0.121. The van der Waals surface area contributed by atoms with Gasteiger partial charge < -0.3 is 20.1 Å². The third-order valence-electron chi connectivity index (χ3n) is 6.14. The zero-order chi connectivity index (χ0) is 24.7. The van der Waals surface area contributed by atoms with Crippen LogP contribution in [0.3, 0.4) is 0 Å². The second-order valence-corrected chi connectivity index (χ2v) is 11.2. The van der Waals surface area contributed by atoms with Crippen molar-refractivity contribution >= 4 is 46.4 Å². The van der Waals surface area contributed by atoms with E-state index in [1.54, 1.807) is 0 Å². The molecular weight excluding hydrogens is 509 g/mol. The Bertz CT molecular complexity index is 1020. The molecule has 1 heterocycles. The van der Waals surface area contributed by atoms with Crippen molar-refractivity contribution in [1.82, 2.24) is 10.2 Å². The lowest BCUT2D eigenvalue weighted by atomic mass is 9.74. The molecule has 1 unspecified atom stereocenters. The van der Waals surface area contributed by atoms with Crippen LogP contribution in [0.25, 0.3) is 0 Å². The van der Waals surface area contributed by atoms with Crippen LogP contribution in [0.2, 0.25) is 0 Å². The van der Waals surface area contributed by atoms with Crippen molar-refractivity contribution in [2.45, 2.75) is 22.2 Å². The average molecular weight is 539 g/mol.